The van der Waals surface area contributed by atoms with E-state index >= 15 is 0 Å². The van der Waals surface area contributed by atoms with Gasteiger partial charge < -0.3 is 0 Å². The molecule has 150 valence electrons. The van der Waals surface area contributed by atoms with Crippen molar-refractivity contribution < 1.29 is 36.5 Å². The standard InChI is InChI=1S/2C10H16O.Cr.2H2O.O/c2*1-9(2)5-4-6-10(3)7-8-11;;;;/h2*5,7-8H,4,6H2,1-3H3;;2*1H2;/q;;+2;;;/p-2/b2*10-7-;;;;. The molecule has 0 unspecified atom stereocenters. The molecule has 0 aromatic carbocycles. The van der Waals surface area contributed by atoms with Crippen LogP contribution in [0.25, 0.3) is 0 Å². The molecular formula is C20H34CrO5. The summed E-state index contributed by atoms with van der Waals surface area (Å²) in [6.45, 7) is 12.3. The topological polar surface area (TPSA) is 91.7 Å². The molecule has 0 radical (unpaired) electrons. The Hall–Kier alpha value is -1.45. The van der Waals surface area contributed by atoms with Gasteiger partial charge in [-0.1, -0.05) is 34.4 Å². The molecule has 2 N–H and O–H groups in total. The molecule has 5 nitrogen and oxygen atoms in total. The monoisotopic (exact) mass is 406 g/mol. The van der Waals surface area contributed by atoms with Gasteiger partial charge in [-0.2, -0.15) is 0 Å². The van der Waals surface area contributed by atoms with Gasteiger partial charge in [0.15, 0.2) is 0 Å². The zero-order valence-corrected chi connectivity index (χ0v) is 18.1. The fourth-order valence-electron chi connectivity index (χ4n) is 1.58. The van der Waals surface area contributed by atoms with E-state index in [0.717, 1.165) is 49.4 Å². The summed E-state index contributed by atoms with van der Waals surface area (Å²) in [6, 6.07) is 0. The van der Waals surface area contributed by atoms with Crippen LogP contribution in [0, 0.1) is 0 Å². The molecule has 26 heavy (non-hydrogen) atoms. The molecule has 0 rings (SSSR count). The number of hydrogen-bond donors (Lipinski definition) is 2. The number of carbonyl (C=O) groups is 2. The van der Waals surface area contributed by atoms with Gasteiger partial charge in [0.25, 0.3) is 0 Å². The van der Waals surface area contributed by atoms with Gasteiger partial charge in [-0.15, -0.1) is 0 Å². The molecular weight excluding hydrogens is 372 g/mol. The first kappa shape index (κ1) is 29.3. The van der Waals surface area contributed by atoms with Crippen molar-refractivity contribution in [3.05, 3.63) is 46.6 Å². The Morgan fingerprint density at radius 3 is 1.19 bits per heavy atom. The van der Waals surface area contributed by atoms with Crippen molar-refractivity contribution >= 4 is 12.6 Å². The van der Waals surface area contributed by atoms with Crippen molar-refractivity contribution in [1.82, 2.24) is 0 Å². The van der Waals surface area contributed by atoms with Crippen LogP contribution in [0.1, 0.15) is 67.2 Å². The number of aldehydes is 2. The fraction of sp³-hybridized carbons (Fsp3) is 0.500. The van der Waals surface area contributed by atoms with Gasteiger partial charge in [-0.05, 0) is 79.4 Å². The first-order valence-electron chi connectivity index (χ1n) is 8.35. The summed E-state index contributed by atoms with van der Waals surface area (Å²) in [5, 5.41) is 0. The van der Waals surface area contributed by atoms with Crippen molar-refractivity contribution in [1.29, 1.82) is 0 Å². The molecule has 0 aromatic rings. The van der Waals surface area contributed by atoms with Crippen LogP contribution in [0.4, 0.5) is 0 Å². The Kier molecular flexibility index (Phi) is 24.4. The molecule has 0 amide bonds. The van der Waals surface area contributed by atoms with Crippen molar-refractivity contribution in [2.45, 2.75) is 67.2 Å². The van der Waals surface area contributed by atoms with E-state index in [-0.39, 0.29) is 0 Å². The first-order chi connectivity index (χ1) is 12.1. The Morgan fingerprint density at radius 2 is 1.00 bits per heavy atom. The average molecular weight is 406 g/mol. The van der Waals surface area contributed by atoms with Crippen molar-refractivity contribution in [3.8, 4) is 0 Å². The predicted octanol–water partition coefficient (Wildman–Crippen LogP) is 4.52. The zero-order valence-electron chi connectivity index (χ0n) is 16.8. The quantitative estimate of drug-likeness (QED) is 0.351. The molecule has 0 bridgehead atoms. The van der Waals surface area contributed by atoms with E-state index in [0.29, 0.717) is 0 Å². The minimum absolute atomic E-state index is 0.845. The van der Waals surface area contributed by atoms with Crippen molar-refractivity contribution in [2.75, 3.05) is 0 Å². The van der Waals surface area contributed by atoms with Gasteiger partial charge in [-0.3, -0.25) is 9.59 Å². The molecule has 0 aliphatic heterocycles. The van der Waals surface area contributed by atoms with Crippen molar-refractivity contribution in [2.24, 2.45) is 0 Å². The number of rotatable bonds is 8. The van der Waals surface area contributed by atoms with E-state index in [1.807, 2.05) is 13.8 Å². The first-order valence-corrected chi connectivity index (χ1v) is 10.0. The zero-order chi connectivity index (χ0) is 21.0. The summed E-state index contributed by atoms with van der Waals surface area (Å²) in [6.07, 6.45) is 13.4. The molecule has 0 aliphatic carbocycles. The van der Waals surface area contributed by atoms with Crippen LogP contribution in [0.2, 0.25) is 0 Å². The average Bonchev–Trinajstić information content (AvgIpc) is 2.47. The SMILES string of the molecule is CC(C)=CCC/C(C)=C\C=O.CC(C)=CCC/C(C)=C\C=O.[O]=[Cr]([OH])[OH]. The van der Waals surface area contributed by atoms with Crippen LogP contribution in [-0.2, 0) is 28.1 Å². The van der Waals surface area contributed by atoms with E-state index < -0.39 is 14.8 Å². The maximum absolute atomic E-state index is 10.0. The van der Waals surface area contributed by atoms with E-state index in [1.54, 1.807) is 12.2 Å². The molecule has 0 atom stereocenters. The molecule has 0 saturated heterocycles. The van der Waals surface area contributed by atoms with Crippen LogP contribution >= 0.6 is 0 Å². The third-order valence-electron chi connectivity index (χ3n) is 2.89. The molecule has 0 fully saturated rings. The second-order valence-electron chi connectivity index (χ2n) is 6.17. The Morgan fingerprint density at radius 1 is 0.731 bits per heavy atom. The van der Waals surface area contributed by atoms with Gasteiger partial charge in [0.1, 0.15) is 12.6 Å². The van der Waals surface area contributed by atoms with E-state index in [9.17, 15) is 9.59 Å². The summed E-state index contributed by atoms with van der Waals surface area (Å²) in [4.78, 5) is 20.0. The summed E-state index contributed by atoms with van der Waals surface area (Å²) < 4.78 is 23.1. The number of carbonyl (C=O) groups excluding carboxylic acids is 2. The normalized spacial score (nSPS) is 10.7. The third-order valence-corrected chi connectivity index (χ3v) is 2.89. The molecule has 0 aliphatic rings. The van der Waals surface area contributed by atoms with Gasteiger partial charge in [-0.25, -0.2) is 0 Å². The fourth-order valence-corrected chi connectivity index (χ4v) is 1.58. The molecule has 0 spiro atoms. The Bertz CT molecular complexity index is 474. The van der Waals surface area contributed by atoms with Gasteiger partial charge in [0, 0.05) is 0 Å². The molecule has 0 aromatic heterocycles. The van der Waals surface area contributed by atoms with E-state index in [4.69, 9.17) is 12.1 Å². The van der Waals surface area contributed by atoms with Gasteiger partial charge in [0.05, 0.1) is 0 Å². The molecule has 6 heteroatoms. The van der Waals surface area contributed by atoms with Crippen LogP contribution in [0.5, 0.6) is 0 Å². The van der Waals surface area contributed by atoms with Gasteiger partial charge in [0.2, 0.25) is 0 Å². The Balaban J connectivity index is -0.000000338. The van der Waals surface area contributed by atoms with Crippen molar-refractivity contribution in [3.63, 3.8) is 0 Å². The third kappa shape index (κ3) is 38.2. The van der Waals surface area contributed by atoms with Crippen LogP contribution in [-0.4, -0.2) is 20.9 Å². The predicted molar refractivity (Wildman–Crippen MR) is 102 cm³/mol. The van der Waals surface area contributed by atoms with E-state index in [2.05, 4.69) is 39.8 Å². The van der Waals surface area contributed by atoms with Crippen LogP contribution in [0.3, 0.4) is 0 Å². The van der Waals surface area contributed by atoms with Crippen LogP contribution < -0.4 is 0 Å². The van der Waals surface area contributed by atoms with Crippen LogP contribution in [0.15, 0.2) is 46.6 Å². The summed E-state index contributed by atoms with van der Waals surface area (Å²) in [5.41, 5.74) is 4.97. The summed E-state index contributed by atoms with van der Waals surface area (Å²) in [5.74, 6) is 0. The Labute approximate surface area is 163 Å². The van der Waals surface area contributed by atoms with Gasteiger partial charge >= 0.3 is 26.9 Å². The number of allylic oxidation sites excluding steroid dienone is 8. The summed E-state index contributed by atoms with van der Waals surface area (Å²) >= 11 is -3.29. The summed E-state index contributed by atoms with van der Waals surface area (Å²) in [7, 11) is 0. The number of hydrogen-bond acceptors (Lipinski definition) is 3. The maximum atomic E-state index is 10.0. The van der Waals surface area contributed by atoms with E-state index in [1.165, 1.54) is 11.1 Å². The second kappa shape index (κ2) is 21.6. The molecule has 0 saturated carbocycles. The minimum atomic E-state index is -3.29. The molecule has 0 heterocycles. The second-order valence-corrected chi connectivity index (χ2v) is 6.89.